The smallest absolute Gasteiger partial charge is 0.248 e. The highest BCUT2D eigenvalue weighted by Crippen LogP contribution is 2.18. The van der Waals surface area contributed by atoms with Crippen molar-refractivity contribution in [2.45, 2.75) is 195 Å². The monoisotopic (exact) mass is 574 g/mol. The first-order valence-corrected chi connectivity index (χ1v) is 18.8. The summed E-state index contributed by atoms with van der Waals surface area (Å²) in [6.45, 7) is 9.40. The Bertz CT molecular complexity index is 534. The number of hydrogen-bond acceptors (Lipinski definition) is 4. The molecule has 4 nitrogen and oxygen atoms in total. The first-order chi connectivity index (χ1) is 18.9. The van der Waals surface area contributed by atoms with Gasteiger partial charge >= 0.3 is 10.4 Å². The van der Waals surface area contributed by atoms with Gasteiger partial charge in [0.2, 0.25) is 0 Å². The van der Waals surface area contributed by atoms with Gasteiger partial charge in [-0.05, 0) is 24.7 Å². The molecule has 0 bridgehead atoms. The van der Waals surface area contributed by atoms with Crippen LogP contribution in [0.15, 0.2) is 0 Å². The van der Waals surface area contributed by atoms with Gasteiger partial charge in [-0.2, -0.15) is 8.42 Å². The van der Waals surface area contributed by atoms with Crippen LogP contribution in [0.4, 0.5) is 0 Å². The van der Waals surface area contributed by atoms with E-state index < -0.39 is 10.4 Å². The summed E-state index contributed by atoms with van der Waals surface area (Å²) >= 11 is 0. The van der Waals surface area contributed by atoms with Gasteiger partial charge in [0.05, 0.1) is 13.2 Å². The van der Waals surface area contributed by atoms with Crippen molar-refractivity contribution in [1.29, 1.82) is 0 Å². The van der Waals surface area contributed by atoms with Crippen molar-refractivity contribution in [2.75, 3.05) is 13.2 Å². The van der Waals surface area contributed by atoms with Crippen molar-refractivity contribution in [1.82, 2.24) is 0 Å². The lowest BCUT2D eigenvalue weighted by molar-refractivity contribution is 0.193. The van der Waals surface area contributed by atoms with Crippen LogP contribution in [0, 0.1) is 11.8 Å². The van der Waals surface area contributed by atoms with Gasteiger partial charge in [0, 0.05) is 0 Å². The van der Waals surface area contributed by atoms with E-state index in [1.54, 1.807) is 0 Å². The zero-order valence-electron chi connectivity index (χ0n) is 27.0. The lowest BCUT2D eigenvalue weighted by atomic mass is 9.99. The van der Waals surface area contributed by atoms with Crippen molar-refractivity contribution in [2.24, 2.45) is 11.8 Å². The number of hydrogen-bond donors (Lipinski definition) is 0. The van der Waals surface area contributed by atoms with Crippen LogP contribution < -0.4 is 0 Å². The molecule has 0 aliphatic carbocycles. The van der Waals surface area contributed by atoms with Crippen LogP contribution >= 0.6 is 0 Å². The minimum Gasteiger partial charge on any atom is -0.248 e. The van der Waals surface area contributed by atoms with Crippen molar-refractivity contribution < 1.29 is 16.8 Å². The summed E-state index contributed by atoms with van der Waals surface area (Å²) in [6, 6.07) is 0. The van der Waals surface area contributed by atoms with Gasteiger partial charge in [-0.25, -0.2) is 8.37 Å². The Morgan fingerprint density at radius 2 is 0.667 bits per heavy atom. The zero-order chi connectivity index (χ0) is 28.9. The zero-order valence-corrected chi connectivity index (χ0v) is 27.8. The maximum Gasteiger partial charge on any atom is 0.399 e. The number of unbranched alkanes of at least 4 members (excludes halogenated alkanes) is 20. The molecule has 0 aliphatic rings. The summed E-state index contributed by atoms with van der Waals surface area (Å²) < 4.78 is 34.4. The van der Waals surface area contributed by atoms with Gasteiger partial charge in [0.25, 0.3) is 0 Å². The van der Waals surface area contributed by atoms with Gasteiger partial charge in [0.15, 0.2) is 0 Å². The Hall–Kier alpha value is -0.130. The largest absolute Gasteiger partial charge is 0.399 e. The predicted molar refractivity (Wildman–Crippen MR) is 171 cm³/mol. The minimum atomic E-state index is -3.86. The Kier molecular flexibility index (Phi) is 29.3. The molecular weight excluding hydrogens is 504 g/mol. The van der Waals surface area contributed by atoms with Crippen LogP contribution in [0.5, 0.6) is 0 Å². The van der Waals surface area contributed by atoms with E-state index in [0.29, 0.717) is 11.8 Å². The molecule has 0 spiro atoms. The van der Waals surface area contributed by atoms with Gasteiger partial charge in [-0.1, -0.05) is 182 Å². The molecule has 2 atom stereocenters. The second-order valence-electron chi connectivity index (χ2n) is 12.5. The molecule has 0 amide bonds. The van der Waals surface area contributed by atoms with Crippen molar-refractivity contribution >= 4 is 10.4 Å². The molecule has 0 radical (unpaired) electrons. The maximum atomic E-state index is 12.1. The standard InChI is InChI=1S/C34H70O4S/c1-5-7-9-11-13-15-17-19-21-23-25-27-33(3)29-31-37-39(35,36)38-32-30-34(4)28-26-24-22-20-18-16-14-12-10-8-6-2/h33-34H,5-32H2,1-4H3. The lowest BCUT2D eigenvalue weighted by Crippen LogP contribution is -2.14. The SMILES string of the molecule is CCCCCCCCCCCCCC(C)CCOS(=O)(=O)OCCC(C)CCCCCCCCCCCCC. The van der Waals surface area contributed by atoms with Crippen LogP contribution in [0.1, 0.15) is 195 Å². The van der Waals surface area contributed by atoms with Crippen LogP contribution in [-0.4, -0.2) is 21.6 Å². The fourth-order valence-electron chi connectivity index (χ4n) is 5.34. The third-order valence-electron chi connectivity index (χ3n) is 8.28. The van der Waals surface area contributed by atoms with Gasteiger partial charge < -0.3 is 0 Å². The van der Waals surface area contributed by atoms with E-state index in [1.807, 2.05) is 0 Å². The van der Waals surface area contributed by atoms with Crippen molar-refractivity contribution in [3.05, 3.63) is 0 Å². The van der Waals surface area contributed by atoms with E-state index in [0.717, 1.165) is 25.7 Å². The first-order valence-electron chi connectivity index (χ1n) is 17.4. The predicted octanol–water partition coefficient (Wildman–Crippen LogP) is 11.7. The topological polar surface area (TPSA) is 52.6 Å². The third kappa shape index (κ3) is 30.7. The third-order valence-corrected chi connectivity index (χ3v) is 9.19. The second kappa shape index (κ2) is 29.4. The van der Waals surface area contributed by atoms with Crippen molar-refractivity contribution in [3.63, 3.8) is 0 Å². The Morgan fingerprint density at radius 3 is 0.949 bits per heavy atom. The molecule has 0 saturated carbocycles. The summed E-state index contributed by atoms with van der Waals surface area (Å²) in [5.41, 5.74) is 0. The summed E-state index contributed by atoms with van der Waals surface area (Å²) in [5.74, 6) is 0.981. The summed E-state index contributed by atoms with van der Waals surface area (Å²) in [6.07, 6.45) is 33.7. The van der Waals surface area contributed by atoms with Crippen molar-refractivity contribution in [3.8, 4) is 0 Å². The van der Waals surface area contributed by atoms with Gasteiger partial charge in [0.1, 0.15) is 0 Å². The second-order valence-corrected chi connectivity index (χ2v) is 13.8. The molecular formula is C34H70O4S. The maximum absolute atomic E-state index is 12.1. The van der Waals surface area contributed by atoms with E-state index in [4.69, 9.17) is 8.37 Å². The fourth-order valence-corrected chi connectivity index (χ4v) is 6.01. The average Bonchev–Trinajstić information content (AvgIpc) is 2.90. The first kappa shape index (κ1) is 38.9. The molecule has 0 fully saturated rings. The molecule has 39 heavy (non-hydrogen) atoms. The molecule has 0 N–H and O–H groups in total. The van der Waals surface area contributed by atoms with Crippen LogP contribution in [0.2, 0.25) is 0 Å². The summed E-state index contributed by atoms with van der Waals surface area (Å²) in [4.78, 5) is 0. The highest BCUT2D eigenvalue weighted by molar-refractivity contribution is 7.81. The highest BCUT2D eigenvalue weighted by atomic mass is 32.3. The highest BCUT2D eigenvalue weighted by Gasteiger charge is 2.14. The van der Waals surface area contributed by atoms with E-state index in [-0.39, 0.29) is 13.2 Å². The molecule has 0 rings (SSSR count). The molecule has 0 aliphatic heterocycles. The van der Waals surface area contributed by atoms with E-state index in [1.165, 1.54) is 141 Å². The molecule has 2 unspecified atom stereocenters. The van der Waals surface area contributed by atoms with E-state index in [9.17, 15) is 8.42 Å². The summed E-state index contributed by atoms with van der Waals surface area (Å²) in [5, 5.41) is 0. The van der Waals surface area contributed by atoms with E-state index in [2.05, 4.69) is 27.7 Å². The molecule has 236 valence electrons. The van der Waals surface area contributed by atoms with E-state index >= 15 is 0 Å². The molecule has 0 aromatic heterocycles. The number of rotatable bonds is 32. The lowest BCUT2D eigenvalue weighted by Gasteiger charge is -2.13. The van der Waals surface area contributed by atoms with Crippen LogP contribution in [0.25, 0.3) is 0 Å². The average molecular weight is 575 g/mol. The molecule has 0 heterocycles. The Morgan fingerprint density at radius 1 is 0.410 bits per heavy atom. The minimum absolute atomic E-state index is 0.232. The normalized spacial score (nSPS) is 13.6. The molecule has 0 aromatic rings. The quantitative estimate of drug-likeness (QED) is 0.0750. The fraction of sp³-hybridized carbons (Fsp3) is 1.00. The molecule has 5 heteroatoms. The van der Waals surface area contributed by atoms with Gasteiger partial charge in [-0.3, -0.25) is 0 Å². The van der Waals surface area contributed by atoms with Gasteiger partial charge in [-0.15, -0.1) is 0 Å². The Balaban J connectivity index is 3.54. The summed E-state index contributed by atoms with van der Waals surface area (Å²) in [7, 11) is -3.86. The molecule has 0 saturated heterocycles. The van der Waals surface area contributed by atoms with Crippen LogP contribution in [0.3, 0.4) is 0 Å². The van der Waals surface area contributed by atoms with Crippen LogP contribution in [-0.2, 0) is 18.8 Å². The Labute approximate surface area is 246 Å². The molecule has 0 aromatic carbocycles.